The number of methoxy groups -OCH3 is 1. The van der Waals surface area contributed by atoms with Gasteiger partial charge in [-0.1, -0.05) is 31.1 Å². The summed E-state index contributed by atoms with van der Waals surface area (Å²) in [6, 6.07) is 12.3. The molecule has 0 radical (unpaired) electrons. The molecule has 28 heavy (non-hydrogen) atoms. The van der Waals surface area contributed by atoms with Crippen molar-refractivity contribution >= 4 is 17.3 Å². The summed E-state index contributed by atoms with van der Waals surface area (Å²) < 4.78 is 10.6. The first kappa shape index (κ1) is 19.9. The maximum Gasteiger partial charge on any atom is 0.191 e. The van der Waals surface area contributed by atoms with Crippen LogP contribution >= 0.6 is 11.3 Å². The van der Waals surface area contributed by atoms with E-state index in [-0.39, 0.29) is 0 Å². The molecule has 0 atom stereocenters. The average Bonchev–Trinajstić information content (AvgIpc) is 3.38. The summed E-state index contributed by atoms with van der Waals surface area (Å²) in [5, 5.41) is 12.8. The highest BCUT2D eigenvalue weighted by molar-refractivity contribution is 7.10. The van der Waals surface area contributed by atoms with E-state index < -0.39 is 0 Å². The SMILES string of the molecule is CN=C(NCc1cc(C(C)C)no1)NCc1cc(-c2ccc(OC)cc2)cs1. The van der Waals surface area contributed by atoms with Crippen molar-refractivity contribution in [3.8, 4) is 16.9 Å². The zero-order valence-corrected chi connectivity index (χ0v) is 17.5. The Bertz CT molecular complexity index is 913. The van der Waals surface area contributed by atoms with Crippen LogP contribution in [0, 0.1) is 0 Å². The van der Waals surface area contributed by atoms with E-state index in [1.165, 1.54) is 16.0 Å². The number of aromatic nitrogens is 1. The Balaban J connectivity index is 1.52. The first-order valence-electron chi connectivity index (χ1n) is 9.21. The van der Waals surface area contributed by atoms with Gasteiger partial charge >= 0.3 is 0 Å². The summed E-state index contributed by atoms with van der Waals surface area (Å²) in [6.07, 6.45) is 0. The molecule has 2 N–H and O–H groups in total. The highest BCUT2D eigenvalue weighted by Gasteiger charge is 2.09. The second kappa shape index (κ2) is 9.41. The Morgan fingerprint density at radius 2 is 1.89 bits per heavy atom. The summed E-state index contributed by atoms with van der Waals surface area (Å²) >= 11 is 1.72. The van der Waals surface area contributed by atoms with Crippen LogP contribution in [0.15, 0.2) is 51.3 Å². The first-order valence-corrected chi connectivity index (χ1v) is 10.1. The predicted octanol–water partition coefficient (Wildman–Crippen LogP) is 4.40. The molecule has 3 rings (SSSR count). The van der Waals surface area contributed by atoms with E-state index in [0.717, 1.165) is 23.2 Å². The molecule has 0 saturated carbocycles. The van der Waals surface area contributed by atoms with Crippen molar-refractivity contribution < 1.29 is 9.26 Å². The molecule has 0 amide bonds. The van der Waals surface area contributed by atoms with Crippen LogP contribution in [0.25, 0.3) is 11.1 Å². The molecule has 2 aromatic heterocycles. The van der Waals surface area contributed by atoms with Crippen molar-refractivity contribution in [3.63, 3.8) is 0 Å². The van der Waals surface area contributed by atoms with E-state index in [4.69, 9.17) is 9.26 Å². The van der Waals surface area contributed by atoms with E-state index in [2.05, 4.69) is 58.2 Å². The minimum Gasteiger partial charge on any atom is -0.497 e. The van der Waals surface area contributed by atoms with Gasteiger partial charge in [0.15, 0.2) is 11.7 Å². The summed E-state index contributed by atoms with van der Waals surface area (Å²) in [6.45, 7) is 5.43. The van der Waals surface area contributed by atoms with Crippen molar-refractivity contribution in [2.24, 2.45) is 4.99 Å². The van der Waals surface area contributed by atoms with Gasteiger partial charge in [-0.15, -0.1) is 11.3 Å². The van der Waals surface area contributed by atoms with Gasteiger partial charge in [0.1, 0.15) is 5.75 Å². The number of hydrogen-bond acceptors (Lipinski definition) is 5. The Hall–Kier alpha value is -2.80. The highest BCUT2D eigenvalue weighted by Crippen LogP contribution is 2.27. The molecule has 0 aliphatic rings. The minimum atomic E-state index is 0.355. The molecule has 7 heteroatoms. The van der Waals surface area contributed by atoms with Crippen LogP contribution in [0.4, 0.5) is 0 Å². The van der Waals surface area contributed by atoms with Gasteiger partial charge in [0.05, 0.1) is 25.9 Å². The Labute approximate surface area is 169 Å². The van der Waals surface area contributed by atoms with Gasteiger partial charge in [-0.2, -0.15) is 0 Å². The number of thiophene rings is 1. The normalized spacial score (nSPS) is 11.7. The molecule has 0 unspecified atom stereocenters. The number of ether oxygens (including phenoxy) is 1. The highest BCUT2D eigenvalue weighted by atomic mass is 32.1. The Morgan fingerprint density at radius 3 is 2.54 bits per heavy atom. The van der Waals surface area contributed by atoms with Crippen molar-refractivity contribution in [2.45, 2.75) is 32.9 Å². The lowest BCUT2D eigenvalue weighted by Gasteiger charge is -2.09. The zero-order chi connectivity index (χ0) is 19.9. The molecule has 2 heterocycles. The molecule has 0 saturated heterocycles. The van der Waals surface area contributed by atoms with E-state index >= 15 is 0 Å². The second-order valence-electron chi connectivity index (χ2n) is 6.68. The molecular formula is C21H26N4O2S. The number of hydrogen-bond donors (Lipinski definition) is 2. The van der Waals surface area contributed by atoms with E-state index in [9.17, 15) is 0 Å². The van der Waals surface area contributed by atoms with Crippen LogP contribution in [0.1, 0.15) is 36.1 Å². The summed E-state index contributed by atoms with van der Waals surface area (Å²) in [5.74, 6) is 2.74. The fraction of sp³-hybridized carbons (Fsp3) is 0.333. The van der Waals surface area contributed by atoms with E-state index in [0.29, 0.717) is 19.0 Å². The van der Waals surface area contributed by atoms with Gasteiger partial charge in [-0.3, -0.25) is 4.99 Å². The van der Waals surface area contributed by atoms with E-state index in [1.54, 1.807) is 25.5 Å². The van der Waals surface area contributed by atoms with Gasteiger partial charge in [-0.05, 0) is 40.6 Å². The number of benzene rings is 1. The third-order valence-corrected chi connectivity index (χ3v) is 5.27. The fourth-order valence-electron chi connectivity index (χ4n) is 2.65. The van der Waals surface area contributed by atoms with E-state index in [1.807, 2.05) is 18.2 Å². The lowest BCUT2D eigenvalue weighted by atomic mass is 10.1. The quantitative estimate of drug-likeness (QED) is 0.456. The van der Waals surface area contributed by atoms with Gasteiger partial charge in [0.2, 0.25) is 0 Å². The largest absolute Gasteiger partial charge is 0.497 e. The monoisotopic (exact) mass is 398 g/mol. The fourth-order valence-corrected chi connectivity index (χ4v) is 3.49. The van der Waals surface area contributed by atoms with Crippen LogP contribution in [0.3, 0.4) is 0 Å². The molecule has 0 spiro atoms. The lowest BCUT2D eigenvalue weighted by Crippen LogP contribution is -2.36. The molecule has 0 aliphatic heterocycles. The molecular weight excluding hydrogens is 372 g/mol. The van der Waals surface area contributed by atoms with Crippen LogP contribution in [0.5, 0.6) is 5.75 Å². The molecule has 6 nitrogen and oxygen atoms in total. The van der Waals surface area contributed by atoms with Crippen LogP contribution in [-0.2, 0) is 13.1 Å². The third-order valence-electron chi connectivity index (χ3n) is 4.33. The number of nitrogens with zero attached hydrogens (tertiary/aromatic N) is 2. The Morgan fingerprint density at radius 1 is 1.14 bits per heavy atom. The minimum absolute atomic E-state index is 0.355. The van der Waals surface area contributed by atoms with Gasteiger partial charge in [0, 0.05) is 18.0 Å². The van der Waals surface area contributed by atoms with Crippen LogP contribution < -0.4 is 15.4 Å². The first-order chi connectivity index (χ1) is 13.6. The van der Waals surface area contributed by atoms with Gasteiger partial charge in [0.25, 0.3) is 0 Å². The third kappa shape index (κ3) is 5.13. The van der Waals surface area contributed by atoms with Crippen molar-refractivity contribution in [2.75, 3.05) is 14.2 Å². The standard InChI is InChI=1S/C21H26N4O2S/c1-14(2)20-10-18(27-25-20)11-23-21(22-3)24-12-19-9-16(13-28-19)15-5-7-17(26-4)8-6-15/h5-10,13-14H,11-12H2,1-4H3,(H2,22,23,24). The van der Waals surface area contributed by atoms with Crippen molar-refractivity contribution in [1.29, 1.82) is 0 Å². The zero-order valence-electron chi connectivity index (χ0n) is 16.7. The van der Waals surface area contributed by atoms with Crippen LogP contribution in [-0.4, -0.2) is 25.3 Å². The molecule has 1 aromatic carbocycles. The summed E-state index contributed by atoms with van der Waals surface area (Å²) in [4.78, 5) is 5.50. The molecule has 0 fully saturated rings. The lowest BCUT2D eigenvalue weighted by molar-refractivity contribution is 0.372. The van der Waals surface area contributed by atoms with Gasteiger partial charge < -0.3 is 19.9 Å². The maximum atomic E-state index is 5.35. The summed E-state index contributed by atoms with van der Waals surface area (Å²) in [5.41, 5.74) is 3.34. The average molecular weight is 399 g/mol. The molecule has 3 aromatic rings. The number of aliphatic imine (C=N–C) groups is 1. The van der Waals surface area contributed by atoms with Crippen molar-refractivity contribution in [3.05, 3.63) is 58.1 Å². The Kier molecular flexibility index (Phi) is 6.71. The molecule has 148 valence electrons. The number of guanidine groups is 1. The molecule has 0 bridgehead atoms. The van der Waals surface area contributed by atoms with Crippen molar-refractivity contribution in [1.82, 2.24) is 15.8 Å². The van der Waals surface area contributed by atoms with Crippen LogP contribution in [0.2, 0.25) is 0 Å². The van der Waals surface area contributed by atoms with Gasteiger partial charge in [-0.25, -0.2) is 0 Å². The smallest absolute Gasteiger partial charge is 0.191 e. The topological polar surface area (TPSA) is 71.7 Å². The number of nitrogens with one attached hydrogen (secondary N) is 2. The molecule has 0 aliphatic carbocycles. The summed E-state index contributed by atoms with van der Waals surface area (Å²) in [7, 11) is 3.43. The second-order valence-corrected chi connectivity index (χ2v) is 7.68. The predicted molar refractivity (Wildman–Crippen MR) is 114 cm³/mol. The maximum absolute atomic E-state index is 5.35. The number of rotatable bonds is 7.